The van der Waals surface area contributed by atoms with Gasteiger partial charge in [0, 0.05) is 6.04 Å². The minimum Gasteiger partial charge on any atom is -0.271 e. The summed E-state index contributed by atoms with van der Waals surface area (Å²) in [7, 11) is 0. The molecule has 1 aromatic rings. The molecule has 3 N–H and O–H groups in total. The predicted molar refractivity (Wildman–Crippen MR) is 63.1 cm³/mol. The Hall–Kier alpha value is -0.860. The first-order chi connectivity index (χ1) is 7.42. The molecule has 0 saturated heterocycles. The Morgan fingerprint density at radius 1 is 1.07 bits per heavy atom. The monoisotopic (exact) mass is 204 g/mol. The van der Waals surface area contributed by atoms with Crippen LogP contribution in [0.2, 0.25) is 0 Å². The Morgan fingerprint density at radius 2 is 1.73 bits per heavy atom. The van der Waals surface area contributed by atoms with Crippen LogP contribution in [0, 0.1) is 5.92 Å². The summed E-state index contributed by atoms with van der Waals surface area (Å²) in [5, 5.41) is 0. The number of rotatable bonds is 3. The van der Waals surface area contributed by atoms with Crippen molar-refractivity contribution in [1.82, 2.24) is 5.43 Å². The zero-order chi connectivity index (χ0) is 10.5. The lowest BCUT2D eigenvalue weighted by Gasteiger charge is -2.30. The van der Waals surface area contributed by atoms with E-state index in [2.05, 4.69) is 35.8 Å². The largest absolute Gasteiger partial charge is 0.271 e. The van der Waals surface area contributed by atoms with Crippen LogP contribution in [-0.2, 0) is 0 Å². The lowest BCUT2D eigenvalue weighted by Crippen LogP contribution is -2.34. The third-order valence-electron chi connectivity index (χ3n) is 3.46. The van der Waals surface area contributed by atoms with Crippen molar-refractivity contribution < 1.29 is 0 Å². The highest BCUT2D eigenvalue weighted by Crippen LogP contribution is 2.33. The maximum absolute atomic E-state index is 5.69. The van der Waals surface area contributed by atoms with Gasteiger partial charge in [0.15, 0.2) is 0 Å². The van der Waals surface area contributed by atoms with Crippen molar-refractivity contribution in [3.8, 4) is 0 Å². The number of hydrogen-bond acceptors (Lipinski definition) is 2. The molecule has 1 aromatic carbocycles. The maximum atomic E-state index is 5.69. The molecule has 0 aliphatic heterocycles. The molecule has 0 heterocycles. The molecule has 0 aromatic heterocycles. The molecular formula is C13H20N2. The van der Waals surface area contributed by atoms with E-state index < -0.39 is 0 Å². The topological polar surface area (TPSA) is 38.0 Å². The number of hydrazine groups is 1. The summed E-state index contributed by atoms with van der Waals surface area (Å²) in [5.41, 5.74) is 4.31. The van der Waals surface area contributed by atoms with Crippen LogP contribution in [0.5, 0.6) is 0 Å². The van der Waals surface area contributed by atoms with E-state index >= 15 is 0 Å². The number of nitrogens with two attached hydrogens (primary N) is 1. The van der Waals surface area contributed by atoms with Crippen LogP contribution >= 0.6 is 0 Å². The van der Waals surface area contributed by atoms with Gasteiger partial charge in [-0.25, -0.2) is 0 Å². The van der Waals surface area contributed by atoms with Gasteiger partial charge in [0.1, 0.15) is 0 Å². The summed E-state index contributed by atoms with van der Waals surface area (Å²) in [6.45, 7) is 0. The fraction of sp³-hybridized carbons (Fsp3) is 0.538. The van der Waals surface area contributed by atoms with E-state index in [0.29, 0.717) is 12.0 Å². The normalized spacial score (nSPS) is 20.1. The van der Waals surface area contributed by atoms with Gasteiger partial charge < -0.3 is 0 Å². The van der Waals surface area contributed by atoms with Crippen LogP contribution < -0.4 is 11.3 Å². The zero-order valence-corrected chi connectivity index (χ0v) is 9.15. The van der Waals surface area contributed by atoms with Gasteiger partial charge >= 0.3 is 0 Å². The maximum Gasteiger partial charge on any atom is 0.0488 e. The third-order valence-corrected chi connectivity index (χ3v) is 3.46. The molecule has 0 radical (unpaired) electrons. The van der Waals surface area contributed by atoms with Gasteiger partial charge in [0.25, 0.3) is 0 Å². The van der Waals surface area contributed by atoms with Crippen LogP contribution in [0.4, 0.5) is 0 Å². The minimum absolute atomic E-state index is 0.339. The molecule has 15 heavy (non-hydrogen) atoms. The van der Waals surface area contributed by atoms with Gasteiger partial charge in [-0.1, -0.05) is 49.6 Å². The Balaban J connectivity index is 2.09. The lowest BCUT2D eigenvalue weighted by atomic mass is 9.81. The fourth-order valence-electron chi connectivity index (χ4n) is 2.63. The second kappa shape index (κ2) is 5.29. The van der Waals surface area contributed by atoms with Crippen LogP contribution in [-0.4, -0.2) is 0 Å². The van der Waals surface area contributed by atoms with Gasteiger partial charge in [-0.05, 0) is 24.3 Å². The van der Waals surface area contributed by atoms with E-state index in [0.717, 1.165) is 0 Å². The van der Waals surface area contributed by atoms with Crippen molar-refractivity contribution in [2.75, 3.05) is 0 Å². The predicted octanol–water partition coefficient (Wildman–Crippen LogP) is 2.77. The molecule has 1 aliphatic rings. The number of benzene rings is 1. The van der Waals surface area contributed by atoms with Crippen molar-refractivity contribution in [2.24, 2.45) is 11.8 Å². The fourth-order valence-corrected chi connectivity index (χ4v) is 2.63. The molecule has 0 amide bonds. The third kappa shape index (κ3) is 2.58. The lowest BCUT2D eigenvalue weighted by molar-refractivity contribution is 0.273. The smallest absolute Gasteiger partial charge is 0.0488 e. The molecule has 1 fully saturated rings. The van der Waals surface area contributed by atoms with E-state index in [1.165, 1.54) is 37.7 Å². The molecule has 1 aliphatic carbocycles. The molecule has 0 unspecified atom stereocenters. The van der Waals surface area contributed by atoms with Gasteiger partial charge in [0.2, 0.25) is 0 Å². The van der Waals surface area contributed by atoms with Crippen LogP contribution in [0.3, 0.4) is 0 Å². The highest BCUT2D eigenvalue weighted by Gasteiger charge is 2.23. The standard InChI is InChI=1S/C13H20N2/c14-15-13(11-7-3-1-4-8-11)12-9-5-2-6-10-12/h1,3-4,7-8,12-13,15H,2,5-6,9-10,14H2/t13-/m1/s1. The van der Waals surface area contributed by atoms with Gasteiger partial charge in [0.05, 0.1) is 0 Å². The summed E-state index contributed by atoms with van der Waals surface area (Å²) in [6, 6.07) is 10.9. The molecule has 2 nitrogen and oxygen atoms in total. The first-order valence-electron chi connectivity index (χ1n) is 5.93. The highest BCUT2D eigenvalue weighted by atomic mass is 15.2. The number of hydrogen-bond donors (Lipinski definition) is 2. The quantitative estimate of drug-likeness (QED) is 0.587. The average molecular weight is 204 g/mol. The van der Waals surface area contributed by atoms with Gasteiger partial charge in [-0.2, -0.15) is 0 Å². The first-order valence-corrected chi connectivity index (χ1v) is 5.93. The highest BCUT2D eigenvalue weighted by molar-refractivity contribution is 5.19. The van der Waals surface area contributed by atoms with Crippen molar-refractivity contribution in [3.63, 3.8) is 0 Å². The number of nitrogens with one attached hydrogen (secondary N) is 1. The summed E-state index contributed by atoms with van der Waals surface area (Å²) in [4.78, 5) is 0. The summed E-state index contributed by atoms with van der Waals surface area (Å²) in [6.07, 6.45) is 6.72. The van der Waals surface area contributed by atoms with Crippen LogP contribution in [0.25, 0.3) is 0 Å². The first kappa shape index (κ1) is 10.7. The molecule has 82 valence electrons. The zero-order valence-electron chi connectivity index (χ0n) is 9.15. The molecule has 0 bridgehead atoms. The molecule has 2 rings (SSSR count). The van der Waals surface area contributed by atoms with E-state index in [1.54, 1.807) is 0 Å². The van der Waals surface area contributed by atoms with E-state index in [1.807, 2.05) is 0 Å². The SMILES string of the molecule is NN[C@H](c1ccccc1)C1CCCCC1. The van der Waals surface area contributed by atoms with E-state index in [9.17, 15) is 0 Å². The molecular weight excluding hydrogens is 184 g/mol. The Morgan fingerprint density at radius 3 is 2.33 bits per heavy atom. The molecule has 0 spiro atoms. The molecule has 1 saturated carbocycles. The minimum atomic E-state index is 0.339. The molecule has 2 heteroatoms. The van der Waals surface area contributed by atoms with Crippen LogP contribution in [0.15, 0.2) is 30.3 Å². The average Bonchev–Trinajstić information content (AvgIpc) is 2.33. The van der Waals surface area contributed by atoms with Gasteiger partial charge in [-0.15, -0.1) is 0 Å². The summed E-state index contributed by atoms with van der Waals surface area (Å²) < 4.78 is 0. The van der Waals surface area contributed by atoms with Gasteiger partial charge in [-0.3, -0.25) is 11.3 Å². The Kier molecular flexibility index (Phi) is 3.75. The van der Waals surface area contributed by atoms with Crippen molar-refractivity contribution in [1.29, 1.82) is 0 Å². The van der Waals surface area contributed by atoms with Crippen LogP contribution in [0.1, 0.15) is 43.7 Å². The van der Waals surface area contributed by atoms with Crippen molar-refractivity contribution in [3.05, 3.63) is 35.9 Å². The van der Waals surface area contributed by atoms with Crippen molar-refractivity contribution in [2.45, 2.75) is 38.1 Å². The molecule has 1 atom stereocenters. The second-order valence-electron chi connectivity index (χ2n) is 4.45. The Bertz CT molecular complexity index is 278. The second-order valence-corrected chi connectivity index (χ2v) is 4.45. The summed E-state index contributed by atoms with van der Waals surface area (Å²) >= 11 is 0. The summed E-state index contributed by atoms with van der Waals surface area (Å²) in [5.74, 6) is 6.40. The Labute approximate surface area is 91.8 Å². The van der Waals surface area contributed by atoms with E-state index in [4.69, 9.17) is 5.84 Å². The van der Waals surface area contributed by atoms with E-state index in [-0.39, 0.29) is 0 Å². The van der Waals surface area contributed by atoms with Crippen molar-refractivity contribution >= 4 is 0 Å².